The minimum absolute atomic E-state index is 0.160. The van der Waals surface area contributed by atoms with Crippen LogP contribution in [0, 0.1) is 18.6 Å². The van der Waals surface area contributed by atoms with Gasteiger partial charge in [-0.3, -0.25) is 0 Å². The van der Waals surface area contributed by atoms with Gasteiger partial charge >= 0.3 is 0 Å². The molecule has 0 amide bonds. The lowest BCUT2D eigenvalue weighted by Gasteiger charge is -2.14. The van der Waals surface area contributed by atoms with Crippen LogP contribution in [0.25, 0.3) is 22.3 Å². The second kappa shape index (κ2) is 7.12. The third-order valence-corrected chi connectivity index (χ3v) is 5.50. The maximum atomic E-state index is 14.0. The van der Waals surface area contributed by atoms with Gasteiger partial charge in [0.1, 0.15) is 5.75 Å². The van der Waals surface area contributed by atoms with E-state index in [2.05, 4.69) is 0 Å². The molecule has 3 nitrogen and oxygen atoms in total. The molecule has 0 unspecified atom stereocenters. The minimum Gasteiger partial charge on any atom is -0.496 e. The minimum atomic E-state index is -3.34. The summed E-state index contributed by atoms with van der Waals surface area (Å²) in [5.41, 5.74) is 3.11. The van der Waals surface area contributed by atoms with Gasteiger partial charge < -0.3 is 4.74 Å². The zero-order valence-electron chi connectivity index (χ0n) is 15.1. The molecule has 0 bridgehead atoms. The Morgan fingerprint density at radius 2 is 1.33 bits per heavy atom. The molecule has 6 heteroatoms. The van der Waals surface area contributed by atoms with Gasteiger partial charge in [-0.25, -0.2) is 17.2 Å². The number of benzene rings is 3. The normalized spacial score (nSPS) is 11.4. The third-order valence-electron chi connectivity index (χ3n) is 4.37. The van der Waals surface area contributed by atoms with E-state index in [4.69, 9.17) is 4.74 Å². The van der Waals surface area contributed by atoms with Crippen molar-refractivity contribution in [1.29, 1.82) is 0 Å². The average molecular weight is 388 g/mol. The van der Waals surface area contributed by atoms with Crippen LogP contribution in [-0.2, 0) is 9.84 Å². The number of rotatable bonds is 4. The molecule has 0 N–H and O–H groups in total. The highest BCUT2D eigenvalue weighted by Gasteiger charge is 2.15. The summed E-state index contributed by atoms with van der Waals surface area (Å²) in [7, 11) is -1.80. The van der Waals surface area contributed by atoms with Crippen LogP contribution in [-0.4, -0.2) is 21.8 Å². The van der Waals surface area contributed by atoms with Crippen LogP contribution in [0.4, 0.5) is 8.78 Å². The second-order valence-corrected chi connectivity index (χ2v) is 8.31. The molecule has 0 saturated heterocycles. The summed E-state index contributed by atoms with van der Waals surface area (Å²) in [6, 6.07) is 13.7. The van der Waals surface area contributed by atoms with E-state index in [1.54, 1.807) is 31.4 Å². The zero-order valence-corrected chi connectivity index (χ0v) is 15.9. The summed E-state index contributed by atoms with van der Waals surface area (Å²) < 4.78 is 56.5. The summed E-state index contributed by atoms with van der Waals surface area (Å²) in [4.78, 5) is 0.160. The number of ether oxygens (including phenoxy) is 1. The summed E-state index contributed by atoms with van der Waals surface area (Å²) in [5.74, 6) is -1.29. The number of hydrogen-bond donors (Lipinski definition) is 0. The molecular formula is C21H18F2O3S. The fourth-order valence-corrected chi connectivity index (χ4v) is 3.52. The van der Waals surface area contributed by atoms with Crippen LogP contribution in [0.3, 0.4) is 0 Å². The van der Waals surface area contributed by atoms with Crippen LogP contribution >= 0.6 is 0 Å². The molecule has 140 valence electrons. The number of halogens is 2. The highest BCUT2D eigenvalue weighted by molar-refractivity contribution is 7.90. The molecule has 3 aromatic carbocycles. The van der Waals surface area contributed by atoms with Gasteiger partial charge in [-0.2, -0.15) is 0 Å². The van der Waals surface area contributed by atoms with Gasteiger partial charge in [0.05, 0.1) is 12.0 Å². The number of sulfone groups is 1. The van der Waals surface area contributed by atoms with E-state index in [0.29, 0.717) is 28.0 Å². The standard InChI is InChI=1S/C21H18F2O3S/c1-13-4-5-15(10-21(13)26-2)18-12-20(23)19(22)11-17(18)14-6-8-16(9-7-14)27(3,24)25/h4-12H,1-3H3. The second-order valence-electron chi connectivity index (χ2n) is 6.29. The number of aryl methyl sites for hydroxylation is 1. The van der Waals surface area contributed by atoms with Crippen molar-refractivity contribution >= 4 is 9.84 Å². The lowest BCUT2D eigenvalue weighted by molar-refractivity contribution is 0.412. The van der Waals surface area contributed by atoms with Gasteiger partial charge in [0.25, 0.3) is 0 Å². The zero-order chi connectivity index (χ0) is 19.8. The van der Waals surface area contributed by atoms with Gasteiger partial charge in [0, 0.05) is 6.26 Å². The van der Waals surface area contributed by atoms with E-state index in [-0.39, 0.29) is 4.90 Å². The monoisotopic (exact) mass is 388 g/mol. The topological polar surface area (TPSA) is 43.4 Å². The van der Waals surface area contributed by atoms with Crippen LogP contribution in [0.1, 0.15) is 5.56 Å². The van der Waals surface area contributed by atoms with Crippen LogP contribution in [0.5, 0.6) is 5.75 Å². The largest absolute Gasteiger partial charge is 0.496 e. The van der Waals surface area contributed by atoms with Crippen LogP contribution < -0.4 is 4.74 Å². The van der Waals surface area contributed by atoms with E-state index in [9.17, 15) is 17.2 Å². The van der Waals surface area contributed by atoms with Crippen LogP contribution in [0.15, 0.2) is 59.5 Å². The van der Waals surface area contributed by atoms with Crippen molar-refractivity contribution in [3.05, 3.63) is 71.8 Å². The molecule has 0 spiro atoms. The lowest BCUT2D eigenvalue weighted by atomic mass is 9.93. The Kier molecular flexibility index (Phi) is 5.02. The van der Waals surface area contributed by atoms with Gasteiger partial charge in [0.2, 0.25) is 0 Å². The van der Waals surface area contributed by atoms with Crippen molar-refractivity contribution in [2.75, 3.05) is 13.4 Å². The molecule has 27 heavy (non-hydrogen) atoms. The van der Waals surface area contributed by atoms with E-state index in [0.717, 1.165) is 24.0 Å². The molecule has 0 radical (unpaired) electrons. The first kappa shape index (κ1) is 19.0. The molecule has 0 atom stereocenters. The van der Waals surface area contributed by atoms with E-state index < -0.39 is 21.5 Å². The smallest absolute Gasteiger partial charge is 0.175 e. The Hall–Kier alpha value is -2.73. The first-order chi connectivity index (χ1) is 12.7. The first-order valence-electron chi connectivity index (χ1n) is 8.15. The maximum Gasteiger partial charge on any atom is 0.175 e. The Balaban J connectivity index is 2.20. The Morgan fingerprint density at radius 3 is 1.85 bits per heavy atom. The SMILES string of the molecule is COc1cc(-c2cc(F)c(F)cc2-c2ccc(S(C)(=O)=O)cc2)ccc1C. The first-order valence-corrected chi connectivity index (χ1v) is 10.0. The fourth-order valence-electron chi connectivity index (χ4n) is 2.89. The van der Waals surface area contributed by atoms with Crippen molar-refractivity contribution in [2.45, 2.75) is 11.8 Å². The van der Waals surface area contributed by atoms with Crippen molar-refractivity contribution in [3.8, 4) is 28.0 Å². The molecule has 0 aliphatic heterocycles. The highest BCUT2D eigenvalue weighted by atomic mass is 32.2. The predicted molar refractivity (Wildman–Crippen MR) is 102 cm³/mol. The predicted octanol–water partition coefficient (Wildman–Crippen LogP) is 5.02. The molecule has 0 aromatic heterocycles. The third kappa shape index (κ3) is 3.85. The molecule has 0 heterocycles. The van der Waals surface area contributed by atoms with Gasteiger partial charge in [-0.05, 0) is 65.1 Å². The summed E-state index contributed by atoms with van der Waals surface area (Å²) >= 11 is 0. The van der Waals surface area contributed by atoms with Crippen molar-refractivity contribution in [1.82, 2.24) is 0 Å². The summed E-state index contributed by atoms with van der Waals surface area (Å²) in [5, 5.41) is 0. The fraction of sp³-hybridized carbons (Fsp3) is 0.143. The molecule has 0 saturated carbocycles. The molecular weight excluding hydrogens is 370 g/mol. The Morgan fingerprint density at radius 1 is 0.815 bits per heavy atom. The molecule has 0 aliphatic rings. The highest BCUT2D eigenvalue weighted by Crippen LogP contribution is 2.36. The Labute approximate surface area is 157 Å². The van der Waals surface area contributed by atoms with Gasteiger partial charge in [0.15, 0.2) is 21.5 Å². The number of methoxy groups -OCH3 is 1. The van der Waals surface area contributed by atoms with Gasteiger partial charge in [-0.1, -0.05) is 24.3 Å². The van der Waals surface area contributed by atoms with Crippen molar-refractivity contribution in [3.63, 3.8) is 0 Å². The summed E-state index contributed by atoms with van der Waals surface area (Å²) in [6.07, 6.45) is 1.11. The molecule has 3 rings (SSSR count). The van der Waals surface area contributed by atoms with Crippen molar-refractivity contribution < 1.29 is 21.9 Å². The van der Waals surface area contributed by atoms with Crippen molar-refractivity contribution in [2.24, 2.45) is 0 Å². The maximum absolute atomic E-state index is 14.0. The lowest BCUT2D eigenvalue weighted by Crippen LogP contribution is -1.97. The Bertz CT molecular complexity index is 1110. The molecule has 0 fully saturated rings. The molecule has 3 aromatic rings. The van der Waals surface area contributed by atoms with E-state index >= 15 is 0 Å². The summed E-state index contributed by atoms with van der Waals surface area (Å²) in [6.45, 7) is 1.89. The molecule has 0 aliphatic carbocycles. The van der Waals surface area contributed by atoms with E-state index in [1.807, 2.05) is 13.0 Å². The van der Waals surface area contributed by atoms with Crippen LogP contribution in [0.2, 0.25) is 0 Å². The van der Waals surface area contributed by atoms with Gasteiger partial charge in [-0.15, -0.1) is 0 Å². The number of hydrogen-bond acceptors (Lipinski definition) is 3. The quantitative estimate of drug-likeness (QED) is 0.630. The average Bonchev–Trinajstić information content (AvgIpc) is 2.63. The van der Waals surface area contributed by atoms with E-state index in [1.165, 1.54) is 12.1 Å².